The highest BCUT2D eigenvalue weighted by Gasteiger charge is 2.41. The van der Waals surface area contributed by atoms with E-state index in [1.165, 1.54) is 36.7 Å². The third kappa shape index (κ3) is 3.67. The van der Waals surface area contributed by atoms with Crippen LogP contribution in [0.15, 0.2) is 61.1 Å². The highest BCUT2D eigenvalue weighted by Crippen LogP contribution is 2.39. The van der Waals surface area contributed by atoms with Gasteiger partial charge in [-0.15, -0.1) is 15.0 Å². The summed E-state index contributed by atoms with van der Waals surface area (Å²) in [5.41, 5.74) is -0.554. The lowest BCUT2D eigenvalue weighted by atomic mass is 10.0. The van der Waals surface area contributed by atoms with Gasteiger partial charge in [0.1, 0.15) is 5.69 Å². The molecule has 1 aliphatic heterocycles. The van der Waals surface area contributed by atoms with E-state index in [-0.39, 0.29) is 22.3 Å². The molecule has 1 aliphatic rings. The molecule has 0 saturated heterocycles. The quantitative estimate of drug-likeness (QED) is 0.357. The molecule has 2 amide bonds. The summed E-state index contributed by atoms with van der Waals surface area (Å²) < 4.78 is 43.5. The van der Waals surface area contributed by atoms with Gasteiger partial charge in [-0.3, -0.25) is 9.59 Å². The van der Waals surface area contributed by atoms with Crippen LogP contribution in [0.2, 0.25) is 5.02 Å². The maximum absolute atomic E-state index is 14.3. The minimum absolute atomic E-state index is 0.0659. The summed E-state index contributed by atoms with van der Waals surface area (Å²) in [6.07, 6.45) is -2.88. The number of alkyl halides is 3. The van der Waals surface area contributed by atoms with Crippen LogP contribution in [0.3, 0.4) is 0 Å². The Hall–Kier alpha value is -4.78. The van der Waals surface area contributed by atoms with Crippen molar-refractivity contribution >= 4 is 45.6 Å². The number of hydrogen-bond acceptors (Lipinski definition) is 6. The van der Waals surface area contributed by atoms with Crippen LogP contribution in [0, 0.1) is 0 Å². The number of carbonyl (C=O) groups excluding carboxylic acids is 2. The number of aromatic nitrogens is 6. The van der Waals surface area contributed by atoms with E-state index in [1.807, 2.05) is 0 Å². The number of halogens is 4. The van der Waals surface area contributed by atoms with Gasteiger partial charge in [0.05, 0.1) is 22.5 Å². The van der Waals surface area contributed by atoms with Gasteiger partial charge in [-0.05, 0) is 41.6 Å². The lowest BCUT2D eigenvalue weighted by Gasteiger charge is -2.15. The fraction of sp³-hybridized carbons (Fsp3) is 0.0435. The van der Waals surface area contributed by atoms with Crippen molar-refractivity contribution in [2.75, 3.05) is 10.6 Å². The van der Waals surface area contributed by atoms with Crippen molar-refractivity contribution in [2.24, 2.45) is 0 Å². The molecule has 37 heavy (non-hydrogen) atoms. The average molecular weight is 525 g/mol. The second kappa shape index (κ2) is 8.13. The molecule has 0 atom stereocenters. The van der Waals surface area contributed by atoms with Crippen molar-refractivity contribution in [3.63, 3.8) is 0 Å². The van der Waals surface area contributed by atoms with Gasteiger partial charge < -0.3 is 10.6 Å². The van der Waals surface area contributed by atoms with Crippen LogP contribution in [0.25, 0.3) is 22.1 Å². The molecule has 14 heteroatoms. The molecule has 184 valence electrons. The lowest BCUT2D eigenvalue weighted by molar-refractivity contribution is -0.143. The summed E-state index contributed by atoms with van der Waals surface area (Å²) in [6, 6.07) is 11.9. The molecule has 0 bridgehead atoms. The highest BCUT2D eigenvalue weighted by molar-refractivity contribution is 6.32. The van der Waals surface area contributed by atoms with Gasteiger partial charge >= 0.3 is 6.18 Å². The molecule has 2 aromatic heterocycles. The predicted octanol–water partition coefficient (Wildman–Crippen LogP) is 4.49. The van der Waals surface area contributed by atoms with Crippen LogP contribution in [-0.2, 0) is 6.18 Å². The number of rotatable bonds is 4. The Balaban J connectivity index is 1.41. The van der Waals surface area contributed by atoms with Crippen molar-refractivity contribution in [1.82, 2.24) is 30.0 Å². The maximum Gasteiger partial charge on any atom is 0.434 e. The first kappa shape index (κ1) is 22.7. The monoisotopic (exact) mass is 524 g/mol. The molecule has 6 rings (SSSR count). The molecular formula is C23H12ClF3N8O2. The minimum atomic E-state index is -4.93. The normalized spacial score (nSPS) is 12.7. The van der Waals surface area contributed by atoms with E-state index in [0.717, 1.165) is 11.0 Å². The second-order valence-electron chi connectivity index (χ2n) is 7.98. The molecule has 0 unspecified atom stereocenters. The van der Waals surface area contributed by atoms with Gasteiger partial charge in [0, 0.05) is 27.7 Å². The van der Waals surface area contributed by atoms with Crippen LogP contribution in [0.1, 0.15) is 26.4 Å². The Morgan fingerprint density at radius 2 is 1.86 bits per heavy atom. The van der Waals surface area contributed by atoms with Crippen molar-refractivity contribution in [1.29, 1.82) is 0 Å². The number of tetrazole rings is 1. The van der Waals surface area contributed by atoms with Crippen molar-refractivity contribution in [3.8, 4) is 11.4 Å². The van der Waals surface area contributed by atoms with Crippen LogP contribution >= 0.6 is 11.6 Å². The number of nitrogens with one attached hydrogen (secondary N) is 2. The number of carbonyl (C=O) groups is 2. The van der Waals surface area contributed by atoms with Crippen LogP contribution in [-0.4, -0.2) is 41.8 Å². The first-order chi connectivity index (χ1) is 17.7. The molecule has 0 saturated carbocycles. The average Bonchev–Trinajstić information content (AvgIpc) is 3.60. The lowest BCUT2D eigenvalue weighted by Crippen LogP contribution is -2.21. The van der Waals surface area contributed by atoms with E-state index in [4.69, 9.17) is 11.6 Å². The molecule has 3 aromatic carbocycles. The third-order valence-electron chi connectivity index (χ3n) is 5.79. The topological polar surface area (TPSA) is 120 Å². The smallest absolute Gasteiger partial charge is 0.322 e. The number of benzene rings is 3. The summed E-state index contributed by atoms with van der Waals surface area (Å²) in [6.45, 7) is 0. The molecule has 0 aliphatic carbocycles. The Morgan fingerprint density at radius 3 is 2.59 bits per heavy atom. The number of anilines is 2. The molecule has 0 spiro atoms. The number of hydrogen-bond donors (Lipinski definition) is 2. The van der Waals surface area contributed by atoms with Crippen molar-refractivity contribution < 1.29 is 22.8 Å². The van der Waals surface area contributed by atoms with E-state index in [1.54, 1.807) is 18.2 Å². The molecule has 10 nitrogen and oxygen atoms in total. The van der Waals surface area contributed by atoms with E-state index in [2.05, 4.69) is 31.1 Å². The van der Waals surface area contributed by atoms with Crippen LogP contribution in [0.4, 0.5) is 24.5 Å². The fourth-order valence-corrected chi connectivity index (χ4v) is 4.51. The Labute approximate surface area is 209 Å². The first-order valence-electron chi connectivity index (χ1n) is 10.6. The summed E-state index contributed by atoms with van der Waals surface area (Å²) >= 11 is 6.23. The predicted molar refractivity (Wildman–Crippen MR) is 126 cm³/mol. The number of nitrogens with zero attached hydrogens (tertiary/aromatic N) is 6. The minimum Gasteiger partial charge on any atom is -0.322 e. The fourth-order valence-electron chi connectivity index (χ4n) is 4.25. The molecular weight excluding hydrogens is 513 g/mol. The Bertz CT molecular complexity index is 1730. The van der Waals surface area contributed by atoms with Crippen molar-refractivity contribution in [3.05, 3.63) is 82.9 Å². The van der Waals surface area contributed by atoms with E-state index >= 15 is 0 Å². The van der Waals surface area contributed by atoms with E-state index < -0.39 is 23.3 Å². The summed E-state index contributed by atoms with van der Waals surface area (Å²) in [7, 11) is 0. The Kier molecular flexibility index (Phi) is 4.98. The van der Waals surface area contributed by atoms with Crippen molar-refractivity contribution in [2.45, 2.75) is 6.18 Å². The van der Waals surface area contributed by atoms with Gasteiger partial charge in [0.2, 0.25) is 0 Å². The molecule has 0 fully saturated rings. The SMILES string of the molecule is O=C(Nc1ccc(-n2ncnn2)c(Cl)c1)c1cnn(-c2ccc3c4c(cccc24)C(=O)N3)c1C(F)(F)F. The maximum atomic E-state index is 14.3. The van der Waals surface area contributed by atoms with E-state index in [0.29, 0.717) is 32.4 Å². The van der Waals surface area contributed by atoms with Crippen LogP contribution < -0.4 is 10.6 Å². The van der Waals surface area contributed by atoms with Gasteiger partial charge in [0.15, 0.2) is 12.0 Å². The zero-order valence-electron chi connectivity index (χ0n) is 18.3. The van der Waals surface area contributed by atoms with Gasteiger partial charge in [-0.25, -0.2) is 4.68 Å². The summed E-state index contributed by atoms with van der Waals surface area (Å²) in [4.78, 5) is 26.3. The van der Waals surface area contributed by atoms with Gasteiger partial charge in [-0.1, -0.05) is 23.7 Å². The number of amides is 2. The first-order valence-corrected chi connectivity index (χ1v) is 11.0. The zero-order valence-corrected chi connectivity index (χ0v) is 19.0. The Morgan fingerprint density at radius 1 is 1.05 bits per heavy atom. The largest absolute Gasteiger partial charge is 0.434 e. The second-order valence-corrected chi connectivity index (χ2v) is 8.38. The highest BCUT2D eigenvalue weighted by atomic mass is 35.5. The summed E-state index contributed by atoms with van der Waals surface area (Å²) in [5, 5.41) is 21.2. The molecule has 2 N–H and O–H groups in total. The van der Waals surface area contributed by atoms with Crippen LogP contribution in [0.5, 0.6) is 0 Å². The van der Waals surface area contributed by atoms with Gasteiger partial charge in [-0.2, -0.15) is 18.3 Å². The van der Waals surface area contributed by atoms with E-state index in [9.17, 15) is 22.8 Å². The molecule has 3 heterocycles. The zero-order chi connectivity index (χ0) is 25.9. The molecule has 5 aromatic rings. The summed E-state index contributed by atoms with van der Waals surface area (Å²) in [5.74, 6) is -1.39. The standard InChI is InChI=1S/C23H12ClF3N8O2/c24-15-8-11(4-6-18(15)35-30-10-28-33-35)31-22(37)14-9-29-34(20(14)23(25,26)27)17-7-5-16-19-12(17)2-1-3-13(19)21(36)32-16/h1-10H,(H,31,37)(H,32,36). The third-order valence-corrected chi connectivity index (χ3v) is 6.09. The van der Waals surface area contributed by atoms with Gasteiger partial charge in [0.25, 0.3) is 11.8 Å². The molecule has 0 radical (unpaired) electrons.